The summed E-state index contributed by atoms with van der Waals surface area (Å²) in [5.41, 5.74) is 2.84. The average molecular weight is 400 g/mol. The Morgan fingerprint density at radius 1 is 0.967 bits per heavy atom. The van der Waals surface area contributed by atoms with E-state index in [9.17, 15) is 14.0 Å². The van der Waals surface area contributed by atoms with E-state index in [4.69, 9.17) is 0 Å². The molecule has 2 heterocycles. The van der Waals surface area contributed by atoms with E-state index >= 15 is 0 Å². The van der Waals surface area contributed by atoms with E-state index in [1.165, 1.54) is 25.1 Å². The van der Waals surface area contributed by atoms with Gasteiger partial charge in [0.1, 0.15) is 5.82 Å². The van der Waals surface area contributed by atoms with Crippen molar-refractivity contribution in [2.45, 2.75) is 6.92 Å². The molecule has 0 saturated heterocycles. The van der Waals surface area contributed by atoms with Crippen molar-refractivity contribution in [3.63, 3.8) is 0 Å². The van der Waals surface area contributed by atoms with Crippen molar-refractivity contribution in [2.75, 3.05) is 10.6 Å². The number of pyridine rings is 2. The monoisotopic (exact) mass is 400 g/mol. The van der Waals surface area contributed by atoms with Crippen LogP contribution in [0.1, 0.15) is 17.3 Å². The lowest BCUT2D eigenvalue weighted by atomic mass is 10.0. The number of carbonyl (C=O) groups excluding carboxylic acids is 2. The molecule has 0 spiro atoms. The number of halogens is 1. The van der Waals surface area contributed by atoms with Gasteiger partial charge in [0.2, 0.25) is 5.91 Å². The molecule has 0 bridgehead atoms. The molecule has 0 atom stereocenters. The molecule has 6 nitrogen and oxygen atoms in total. The van der Waals surface area contributed by atoms with Crippen LogP contribution in [-0.2, 0) is 4.79 Å². The molecule has 7 heteroatoms. The lowest BCUT2D eigenvalue weighted by Gasteiger charge is -2.12. The Balaban J connectivity index is 1.74. The fourth-order valence-electron chi connectivity index (χ4n) is 3.11. The molecule has 0 aliphatic rings. The van der Waals surface area contributed by atoms with Crippen LogP contribution in [0, 0.1) is 5.82 Å². The molecule has 148 valence electrons. The second-order valence-corrected chi connectivity index (χ2v) is 6.64. The Kier molecular flexibility index (Phi) is 5.17. The highest BCUT2D eigenvalue weighted by molar-refractivity contribution is 6.13. The molecule has 0 fully saturated rings. The maximum absolute atomic E-state index is 13.9. The summed E-state index contributed by atoms with van der Waals surface area (Å²) in [7, 11) is 0. The summed E-state index contributed by atoms with van der Waals surface area (Å²) >= 11 is 0. The number of benzene rings is 2. The Hall–Kier alpha value is -4.13. The largest absolute Gasteiger partial charge is 0.324 e. The lowest BCUT2D eigenvalue weighted by molar-refractivity contribution is -0.114. The molecule has 0 aliphatic heterocycles. The molecule has 0 saturated carbocycles. The second-order valence-electron chi connectivity index (χ2n) is 6.64. The lowest BCUT2D eigenvalue weighted by Crippen LogP contribution is -2.14. The smallest absolute Gasteiger partial charge is 0.256 e. The first-order valence-corrected chi connectivity index (χ1v) is 9.20. The number of rotatable bonds is 4. The Morgan fingerprint density at radius 3 is 2.57 bits per heavy atom. The number of fused-ring (bicyclic) bond motifs is 1. The van der Waals surface area contributed by atoms with Crippen molar-refractivity contribution >= 4 is 34.1 Å². The molecule has 0 aliphatic carbocycles. The summed E-state index contributed by atoms with van der Waals surface area (Å²) in [6.07, 6.45) is 3.35. The normalized spacial score (nSPS) is 10.6. The maximum atomic E-state index is 13.9. The van der Waals surface area contributed by atoms with Crippen LogP contribution >= 0.6 is 0 Å². The number of nitrogens with zero attached hydrogens (tertiary/aromatic N) is 2. The minimum atomic E-state index is -0.587. The summed E-state index contributed by atoms with van der Waals surface area (Å²) in [5, 5.41) is 5.86. The van der Waals surface area contributed by atoms with Gasteiger partial charge in [0.15, 0.2) is 0 Å². The molecular weight excluding hydrogens is 383 g/mol. The van der Waals surface area contributed by atoms with Gasteiger partial charge < -0.3 is 10.6 Å². The fraction of sp³-hybridized carbons (Fsp3) is 0.0435. The molecule has 2 amide bonds. The summed E-state index contributed by atoms with van der Waals surface area (Å²) in [4.78, 5) is 33.1. The molecule has 2 aromatic carbocycles. The minimum absolute atomic E-state index is 0.00376. The van der Waals surface area contributed by atoms with Crippen molar-refractivity contribution in [1.82, 2.24) is 9.97 Å². The van der Waals surface area contributed by atoms with Crippen LogP contribution in [0.25, 0.3) is 22.2 Å². The molecule has 30 heavy (non-hydrogen) atoms. The van der Waals surface area contributed by atoms with Crippen LogP contribution in [0.4, 0.5) is 15.8 Å². The van der Waals surface area contributed by atoms with Gasteiger partial charge in [-0.3, -0.25) is 14.6 Å². The Labute approximate surface area is 171 Å². The molecule has 0 radical (unpaired) electrons. The van der Waals surface area contributed by atoms with Crippen LogP contribution in [0.5, 0.6) is 0 Å². The first-order valence-electron chi connectivity index (χ1n) is 9.20. The molecule has 2 aromatic heterocycles. The van der Waals surface area contributed by atoms with Gasteiger partial charge in [-0.25, -0.2) is 9.37 Å². The standard InChI is InChI=1S/C23H17FN4O2/c1-14(29)26-22-11-16(8-9-19(22)24)27-23(30)18-12-21(15-5-4-10-25-13-15)28-20-7-3-2-6-17(18)20/h2-13H,1H3,(H,26,29)(H,27,30). The van der Waals surface area contributed by atoms with E-state index in [0.717, 1.165) is 5.56 Å². The summed E-state index contributed by atoms with van der Waals surface area (Å²) in [6.45, 7) is 1.29. The predicted molar refractivity (Wildman–Crippen MR) is 114 cm³/mol. The van der Waals surface area contributed by atoms with Gasteiger partial charge in [0.05, 0.1) is 22.5 Å². The van der Waals surface area contributed by atoms with E-state index < -0.39 is 11.7 Å². The van der Waals surface area contributed by atoms with E-state index in [1.807, 2.05) is 30.3 Å². The number of nitrogens with one attached hydrogen (secondary N) is 2. The van der Waals surface area contributed by atoms with Crippen LogP contribution in [0.2, 0.25) is 0 Å². The maximum Gasteiger partial charge on any atom is 0.256 e. The number of carbonyl (C=O) groups is 2. The van der Waals surface area contributed by atoms with Crippen molar-refractivity contribution in [3.8, 4) is 11.3 Å². The van der Waals surface area contributed by atoms with Crippen LogP contribution in [-0.4, -0.2) is 21.8 Å². The molecule has 2 N–H and O–H groups in total. The first kappa shape index (κ1) is 19.2. The highest BCUT2D eigenvalue weighted by Gasteiger charge is 2.15. The quantitative estimate of drug-likeness (QED) is 0.522. The number of hydrogen-bond acceptors (Lipinski definition) is 4. The van der Waals surface area contributed by atoms with E-state index in [0.29, 0.717) is 27.8 Å². The summed E-state index contributed by atoms with van der Waals surface area (Å²) < 4.78 is 13.9. The van der Waals surface area contributed by atoms with Gasteiger partial charge in [-0.1, -0.05) is 18.2 Å². The van der Waals surface area contributed by atoms with Crippen molar-refractivity contribution < 1.29 is 14.0 Å². The number of anilines is 2. The van der Waals surface area contributed by atoms with Crippen LogP contribution in [0.3, 0.4) is 0 Å². The average Bonchev–Trinajstić information content (AvgIpc) is 2.75. The third-order valence-corrected chi connectivity index (χ3v) is 4.45. The molecule has 0 unspecified atom stereocenters. The Bertz CT molecular complexity index is 1260. The Morgan fingerprint density at radius 2 is 1.80 bits per heavy atom. The zero-order chi connectivity index (χ0) is 21.1. The highest BCUT2D eigenvalue weighted by Crippen LogP contribution is 2.26. The predicted octanol–water partition coefficient (Wildman–Crippen LogP) is 4.65. The zero-order valence-corrected chi connectivity index (χ0v) is 16.0. The number of para-hydroxylation sites is 1. The van der Waals surface area contributed by atoms with Gasteiger partial charge in [0, 0.05) is 36.0 Å². The van der Waals surface area contributed by atoms with Crippen LogP contribution < -0.4 is 10.6 Å². The van der Waals surface area contributed by atoms with Gasteiger partial charge in [0.25, 0.3) is 5.91 Å². The van der Waals surface area contributed by atoms with E-state index in [1.54, 1.807) is 24.5 Å². The fourth-order valence-corrected chi connectivity index (χ4v) is 3.11. The van der Waals surface area contributed by atoms with Gasteiger partial charge in [-0.05, 0) is 42.5 Å². The summed E-state index contributed by atoms with van der Waals surface area (Å²) in [6, 6.07) is 16.7. The molecule has 4 rings (SSSR count). The number of amides is 2. The zero-order valence-electron chi connectivity index (χ0n) is 16.0. The topological polar surface area (TPSA) is 84.0 Å². The van der Waals surface area contributed by atoms with Crippen LogP contribution in [0.15, 0.2) is 73.1 Å². The van der Waals surface area contributed by atoms with E-state index in [2.05, 4.69) is 20.6 Å². The second kappa shape index (κ2) is 8.08. The number of aromatic nitrogens is 2. The molecule has 4 aromatic rings. The highest BCUT2D eigenvalue weighted by atomic mass is 19.1. The van der Waals surface area contributed by atoms with Crippen molar-refractivity contribution in [1.29, 1.82) is 0 Å². The SMILES string of the molecule is CC(=O)Nc1cc(NC(=O)c2cc(-c3cccnc3)nc3ccccc23)ccc1F. The van der Waals surface area contributed by atoms with Crippen molar-refractivity contribution in [2.24, 2.45) is 0 Å². The minimum Gasteiger partial charge on any atom is -0.324 e. The van der Waals surface area contributed by atoms with E-state index in [-0.39, 0.29) is 11.6 Å². The summed E-state index contributed by atoms with van der Waals surface area (Å²) in [5.74, 6) is -1.37. The van der Waals surface area contributed by atoms with Gasteiger partial charge in [-0.2, -0.15) is 0 Å². The third-order valence-electron chi connectivity index (χ3n) is 4.45. The first-order chi connectivity index (χ1) is 14.5. The third kappa shape index (κ3) is 4.00. The molecular formula is C23H17FN4O2. The number of hydrogen-bond donors (Lipinski definition) is 2. The van der Waals surface area contributed by atoms with Gasteiger partial charge >= 0.3 is 0 Å². The van der Waals surface area contributed by atoms with Crippen molar-refractivity contribution in [3.05, 3.63) is 84.4 Å². The van der Waals surface area contributed by atoms with Gasteiger partial charge in [-0.15, -0.1) is 0 Å².